The molecule has 0 bridgehead atoms. The largest absolute Gasteiger partial charge is 0.521 e. The lowest BCUT2D eigenvalue weighted by atomic mass is 9.54. The van der Waals surface area contributed by atoms with Crippen molar-refractivity contribution in [3.05, 3.63) is 0 Å². The van der Waals surface area contributed by atoms with Crippen molar-refractivity contribution >= 4 is 17.0 Å². The molecule has 0 aromatic carbocycles. The Morgan fingerprint density at radius 3 is 1.93 bits per heavy atom. The predicted molar refractivity (Wildman–Crippen MR) is 49.9 cm³/mol. The van der Waals surface area contributed by atoms with Gasteiger partial charge in [0.05, 0.1) is 0 Å². The third-order valence-corrected chi connectivity index (χ3v) is 3.76. The molecule has 0 saturated carbocycles. The number of halogens is 3. The van der Waals surface area contributed by atoms with Crippen LogP contribution in [0.2, 0.25) is 11.6 Å². The van der Waals surface area contributed by atoms with Crippen LogP contribution in [-0.4, -0.2) is 20.8 Å². The Morgan fingerprint density at radius 2 is 1.60 bits per heavy atom. The van der Waals surface area contributed by atoms with Crippen molar-refractivity contribution in [3.8, 4) is 0 Å². The van der Waals surface area contributed by atoms with E-state index in [0.29, 0.717) is 12.8 Å². The number of alkyl halides is 3. The van der Waals surface area contributed by atoms with Gasteiger partial charge in [0.25, 0.3) is 0 Å². The summed E-state index contributed by atoms with van der Waals surface area (Å²) in [4.78, 5) is 0. The molecule has 0 aromatic rings. The van der Waals surface area contributed by atoms with Crippen molar-refractivity contribution < 1.29 is 25.7 Å². The molecule has 1 heterocycles. The highest BCUT2D eigenvalue weighted by Gasteiger charge is 2.51. The fourth-order valence-corrected chi connectivity index (χ4v) is 2.59. The summed E-state index contributed by atoms with van der Waals surface area (Å²) in [6, 6.07) is 0. The maximum Gasteiger partial charge on any atom is 0.521 e. The van der Waals surface area contributed by atoms with E-state index in [1.54, 1.807) is 13.8 Å². The van der Waals surface area contributed by atoms with Gasteiger partial charge in [-0.15, -0.1) is 0 Å². The van der Waals surface area contributed by atoms with Gasteiger partial charge in [0.1, 0.15) is 0 Å². The van der Waals surface area contributed by atoms with Gasteiger partial charge >= 0.3 is 22.5 Å². The molecule has 0 N–H and O–H groups in total. The lowest BCUT2D eigenvalue weighted by Crippen LogP contribution is -2.34. The molecule has 1 saturated heterocycles. The number of hydrogen-bond donors (Lipinski definition) is 0. The van der Waals surface area contributed by atoms with Gasteiger partial charge in [-0.3, -0.25) is 0 Å². The normalized spacial score (nSPS) is 28.5. The zero-order valence-electron chi connectivity index (χ0n) is 8.41. The Hall–Kier alpha value is -0.235. The third-order valence-electron chi connectivity index (χ3n) is 2.72. The van der Waals surface area contributed by atoms with E-state index in [0.717, 1.165) is 0 Å². The predicted octanol–water partition coefficient (Wildman–Crippen LogP) is 2.42. The molecule has 0 aliphatic carbocycles. The van der Waals surface area contributed by atoms with E-state index in [2.05, 4.69) is 4.10 Å². The molecule has 1 rings (SSSR count). The molecule has 1 aliphatic heterocycles. The van der Waals surface area contributed by atoms with Crippen molar-refractivity contribution in [3.63, 3.8) is 0 Å². The summed E-state index contributed by atoms with van der Waals surface area (Å²) >= 11 is 0. The van der Waals surface area contributed by atoms with Crippen molar-refractivity contribution in [2.75, 3.05) is 0 Å². The van der Waals surface area contributed by atoms with Gasteiger partial charge in [0.15, 0.2) is 0 Å². The molecule has 0 amide bonds. The molecule has 15 heavy (non-hydrogen) atoms. The molecular weight excluding hydrogens is 232 g/mol. The summed E-state index contributed by atoms with van der Waals surface area (Å²) in [6.45, 7) is 2.54. The zero-order valence-corrected chi connectivity index (χ0v) is 9.23. The highest BCUT2D eigenvalue weighted by atomic mass is 32.2. The first-order valence-electron chi connectivity index (χ1n) is 4.64. The maximum absolute atomic E-state index is 12.0. The lowest BCUT2D eigenvalue weighted by Gasteiger charge is -2.17. The number of rotatable bonds is 2. The molecule has 2 unspecified atom stereocenters. The van der Waals surface area contributed by atoms with E-state index in [9.17, 15) is 21.6 Å². The second-order valence-electron chi connectivity index (χ2n) is 3.99. The van der Waals surface area contributed by atoms with Crippen LogP contribution >= 0.6 is 0 Å². The summed E-state index contributed by atoms with van der Waals surface area (Å²) in [6.07, 6.45) is 1.39. The first kappa shape index (κ1) is 12.8. The zero-order chi connectivity index (χ0) is 11.9. The SMILES string of the molecule is CC1CCC(C)B1OS(=O)(=O)C(F)(F)F. The van der Waals surface area contributed by atoms with Crippen LogP contribution in [0.3, 0.4) is 0 Å². The van der Waals surface area contributed by atoms with Crippen LogP contribution in [0.25, 0.3) is 0 Å². The first-order valence-corrected chi connectivity index (χ1v) is 6.05. The highest BCUT2D eigenvalue weighted by molar-refractivity contribution is 7.88. The van der Waals surface area contributed by atoms with Gasteiger partial charge in [0.2, 0.25) is 0 Å². The van der Waals surface area contributed by atoms with Crippen LogP contribution in [-0.2, 0) is 14.2 Å². The summed E-state index contributed by atoms with van der Waals surface area (Å²) in [5, 5.41) is 0. The minimum atomic E-state index is -5.45. The summed E-state index contributed by atoms with van der Waals surface area (Å²) in [5.74, 6) is -0.311. The van der Waals surface area contributed by atoms with E-state index in [1.165, 1.54) is 0 Å². The van der Waals surface area contributed by atoms with E-state index < -0.39 is 22.5 Å². The Bertz CT molecular complexity index is 317. The van der Waals surface area contributed by atoms with Gasteiger partial charge in [-0.05, 0) is 11.6 Å². The molecule has 88 valence electrons. The maximum atomic E-state index is 12.0. The van der Waals surface area contributed by atoms with Crippen molar-refractivity contribution in [2.24, 2.45) is 0 Å². The third kappa shape index (κ3) is 2.66. The van der Waals surface area contributed by atoms with Crippen molar-refractivity contribution in [1.82, 2.24) is 0 Å². The van der Waals surface area contributed by atoms with Gasteiger partial charge in [-0.25, -0.2) is 0 Å². The van der Waals surface area contributed by atoms with Crippen LogP contribution in [0.5, 0.6) is 0 Å². The quantitative estimate of drug-likeness (QED) is 0.553. The summed E-state index contributed by atoms with van der Waals surface area (Å²) in [7, 11) is -5.45. The molecular formula is C7H12BF3O3S. The Morgan fingerprint density at radius 1 is 1.20 bits per heavy atom. The minimum Gasteiger partial charge on any atom is -0.326 e. The average Bonchev–Trinajstić information content (AvgIpc) is 2.33. The lowest BCUT2D eigenvalue weighted by molar-refractivity contribution is -0.0502. The Balaban J connectivity index is 2.78. The van der Waals surface area contributed by atoms with Crippen molar-refractivity contribution in [2.45, 2.75) is 43.8 Å². The van der Waals surface area contributed by atoms with E-state index >= 15 is 0 Å². The van der Waals surface area contributed by atoms with E-state index in [4.69, 9.17) is 0 Å². The average molecular weight is 244 g/mol. The highest BCUT2D eigenvalue weighted by Crippen LogP contribution is 2.40. The standard InChI is InChI=1S/C7H12BF3O3S/c1-5-3-4-6(2)8(5)14-15(12,13)7(9,10)11/h5-6H,3-4H2,1-2H3. The van der Waals surface area contributed by atoms with Gasteiger partial charge in [0, 0.05) is 0 Å². The minimum absolute atomic E-state index is 0.155. The van der Waals surface area contributed by atoms with Crippen LogP contribution in [0.4, 0.5) is 13.2 Å². The molecule has 0 aromatic heterocycles. The fraction of sp³-hybridized carbons (Fsp3) is 1.00. The Labute approximate surface area is 87.2 Å². The molecule has 1 fully saturated rings. The van der Waals surface area contributed by atoms with Crippen molar-refractivity contribution in [1.29, 1.82) is 0 Å². The molecule has 3 nitrogen and oxygen atoms in total. The van der Waals surface area contributed by atoms with Gasteiger partial charge < -0.3 is 4.10 Å². The molecule has 8 heteroatoms. The summed E-state index contributed by atoms with van der Waals surface area (Å²) < 4.78 is 61.8. The van der Waals surface area contributed by atoms with Crippen LogP contribution in [0.15, 0.2) is 0 Å². The number of hydrogen-bond acceptors (Lipinski definition) is 3. The second-order valence-corrected chi connectivity index (χ2v) is 5.56. The summed E-state index contributed by atoms with van der Waals surface area (Å²) in [5.41, 5.74) is -5.32. The Kier molecular flexibility index (Phi) is 3.40. The molecule has 1 aliphatic rings. The molecule has 2 atom stereocenters. The monoisotopic (exact) mass is 244 g/mol. The smallest absolute Gasteiger partial charge is 0.326 e. The van der Waals surface area contributed by atoms with E-state index in [-0.39, 0.29) is 11.6 Å². The fourth-order valence-electron chi connectivity index (χ4n) is 1.81. The van der Waals surface area contributed by atoms with Gasteiger partial charge in [-0.2, -0.15) is 21.6 Å². The van der Waals surface area contributed by atoms with Crippen LogP contribution in [0, 0.1) is 0 Å². The van der Waals surface area contributed by atoms with Crippen LogP contribution in [0.1, 0.15) is 26.7 Å². The van der Waals surface area contributed by atoms with E-state index in [1.807, 2.05) is 0 Å². The second kappa shape index (κ2) is 3.97. The molecule has 0 spiro atoms. The topological polar surface area (TPSA) is 43.4 Å². The molecule has 0 radical (unpaired) electrons. The first-order chi connectivity index (χ1) is 6.65. The van der Waals surface area contributed by atoms with Crippen LogP contribution < -0.4 is 0 Å². The van der Waals surface area contributed by atoms with Gasteiger partial charge in [-0.1, -0.05) is 26.7 Å².